The Labute approximate surface area is 183 Å². The van der Waals surface area contributed by atoms with Gasteiger partial charge in [-0.05, 0) is 37.6 Å². The zero-order chi connectivity index (χ0) is 21.4. The minimum absolute atomic E-state index is 0.661. The van der Waals surface area contributed by atoms with Crippen LogP contribution in [-0.2, 0) is 9.09 Å². The molecule has 0 N–H and O–H groups in total. The van der Waals surface area contributed by atoms with Crippen molar-refractivity contribution in [1.82, 2.24) is 0 Å². The first-order valence-corrected chi connectivity index (χ1v) is 12.0. The fraction of sp³-hybridized carbons (Fsp3) is 0.0714. The average Bonchev–Trinajstić information content (AvgIpc) is 2.80. The number of aryl methyl sites for hydroxylation is 2. The fourth-order valence-electron chi connectivity index (χ4n) is 4.06. The summed E-state index contributed by atoms with van der Waals surface area (Å²) in [4.78, 5) is 0. The Bertz CT molecular complexity index is 1320. The first-order chi connectivity index (χ1) is 15.1. The summed E-state index contributed by atoms with van der Waals surface area (Å²) in [6, 6.07) is 34.1. The quantitative estimate of drug-likeness (QED) is 0.353. The van der Waals surface area contributed by atoms with E-state index in [-0.39, 0.29) is 0 Å². The van der Waals surface area contributed by atoms with Gasteiger partial charge in [-0.25, -0.2) is 0 Å². The van der Waals surface area contributed by atoms with Crippen LogP contribution < -0.4 is 10.6 Å². The molecule has 1 unspecified atom stereocenters. The van der Waals surface area contributed by atoms with E-state index in [0.29, 0.717) is 11.1 Å². The third-order valence-corrected chi connectivity index (χ3v) is 8.10. The first kappa shape index (κ1) is 19.6. The molecule has 2 nitrogen and oxygen atoms in total. The number of hydrogen-bond acceptors (Lipinski definition) is 2. The third-order valence-electron chi connectivity index (χ3n) is 5.66. The molecule has 1 aliphatic heterocycles. The highest BCUT2D eigenvalue weighted by Gasteiger charge is 2.39. The van der Waals surface area contributed by atoms with Crippen LogP contribution in [0.1, 0.15) is 27.8 Å². The topological polar surface area (TPSA) is 26.3 Å². The van der Waals surface area contributed by atoms with Gasteiger partial charge in [0.15, 0.2) is 0 Å². The number of rotatable bonds is 3. The van der Waals surface area contributed by atoms with Gasteiger partial charge in [-0.3, -0.25) is 4.57 Å². The van der Waals surface area contributed by atoms with Gasteiger partial charge in [-0.2, -0.15) is 0 Å². The van der Waals surface area contributed by atoms with E-state index in [1.807, 2.05) is 91.9 Å². The maximum Gasteiger partial charge on any atom is 0.307 e. The smallest absolute Gasteiger partial charge is 0.307 e. The van der Waals surface area contributed by atoms with Crippen molar-refractivity contribution in [3.63, 3.8) is 0 Å². The molecule has 1 aliphatic rings. The molecule has 0 amide bonds. The minimum atomic E-state index is -3.33. The molecule has 4 aromatic rings. The molecule has 31 heavy (non-hydrogen) atoms. The molecular formula is C28H23O2P. The minimum Gasteiger partial charge on any atom is -0.436 e. The summed E-state index contributed by atoms with van der Waals surface area (Å²) in [5, 5.41) is 1.46. The van der Waals surface area contributed by atoms with Crippen LogP contribution in [0.15, 0.2) is 103 Å². The zero-order valence-electron chi connectivity index (χ0n) is 17.6. The highest BCUT2D eigenvalue weighted by molar-refractivity contribution is 7.74. The van der Waals surface area contributed by atoms with E-state index < -0.39 is 7.37 Å². The standard InChI is InChI=1S/C28H23O2P/c1-20-13-16-24(17-14-20)31(29)26-18-15-21(2)19-25(26)27(22-9-5-3-6-10-22)28(30-31)23-11-7-4-8-12-23/h3-19H,1-2H3. The largest absolute Gasteiger partial charge is 0.436 e. The van der Waals surface area contributed by atoms with Crippen molar-refractivity contribution >= 4 is 29.3 Å². The Kier molecular flexibility index (Phi) is 4.88. The van der Waals surface area contributed by atoms with Crippen molar-refractivity contribution in [3.05, 3.63) is 131 Å². The Hall–Kier alpha value is -3.35. The van der Waals surface area contributed by atoms with E-state index in [9.17, 15) is 4.57 Å². The van der Waals surface area contributed by atoms with Crippen molar-refractivity contribution in [3.8, 4) is 0 Å². The molecule has 1 heterocycles. The van der Waals surface area contributed by atoms with E-state index in [4.69, 9.17) is 4.52 Å². The second kappa shape index (κ2) is 7.72. The van der Waals surface area contributed by atoms with Crippen molar-refractivity contribution in [2.24, 2.45) is 0 Å². The number of hydrogen-bond donors (Lipinski definition) is 0. The summed E-state index contributed by atoms with van der Waals surface area (Å²) < 4.78 is 21.1. The normalized spacial score (nSPS) is 17.7. The summed E-state index contributed by atoms with van der Waals surface area (Å²) in [6.45, 7) is 4.10. The van der Waals surface area contributed by atoms with Gasteiger partial charge < -0.3 is 4.52 Å². The van der Waals surface area contributed by atoms with Gasteiger partial charge in [0.05, 0.1) is 10.6 Å². The molecule has 5 rings (SSSR count). The van der Waals surface area contributed by atoms with E-state index in [2.05, 4.69) is 25.1 Å². The Morgan fingerprint density at radius 1 is 0.645 bits per heavy atom. The molecule has 4 aromatic carbocycles. The van der Waals surface area contributed by atoms with Crippen LogP contribution in [0, 0.1) is 13.8 Å². The van der Waals surface area contributed by atoms with Crippen LogP contribution in [0.5, 0.6) is 0 Å². The molecule has 0 aromatic heterocycles. The summed E-state index contributed by atoms with van der Waals surface area (Å²) in [6.07, 6.45) is 0. The molecule has 0 spiro atoms. The van der Waals surface area contributed by atoms with Crippen LogP contribution in [0.2, 0.25) is 0 Å². The van der Waals surface area contributed by atoms with Crippen LogP contribution in [-0.4, -0.2) is 0 Å². The SMILES string of the molecule is Cc1ccc(P2(=O)OC(c3ccccc3)=C(c3ccccc3)c3cc(C)ccc32)cc1. The van der Waals surface area contributed by atoms with Crippen LogP contribution in [0.3, 0.4) is 0 Å². The first-order valence-electron chi connectivity index (χ1n) is 10.4. The van der Waals surface area contributed by atoms with Gasteiger partial charge in [-0.1, -0.05) is 96.1 Å². The van der Waals surface area contributed by atoms with Crippen molar-refractivity contribution in [1.29, 1.82) is 0 Å². The average molecular weight is 422 g/mol. The molecule has 0 saturated carbocycles. The lowest BCUT2D eigenvalue weighted by molar-refractivity contribution is 0.480. The molecule has 0 saturated heterocycles. The molecule has 3 heteroatoms. The van der Waals surface area contributed by atoms with Gasteiger partial charge in [0.2, 0.25) is 0 Å². The molecule has 0 aliphatic carbocycles. The second-order valence-electron chi connectivity index (χ2n) is 7.94. The van der Waals surface area contributed by atoms with Gasteiger partial charge in [0.1, 0.15) is 5.76 Å². The lowest BCUT2D eigenvalue weighted by Crippen LogP contribution is -2.25. The van der Waals surface area contributed by atoms with Crippen molar-refractivity contribution < 1.29 is 9.09 Å². The molecule has 0 bridgehead atoms. The van der Waals surface area contributed by atoms with Gasteiger partial charge >= 0.3 is 7.37 Å². The van der Waals surface area contributed by atoms with E-state index in [1.165, 1.54) is 0 Å². The van der Waals surface area contributed by atoms with Gasteiger partial charge in [-0.15, -0.1) is 0 Å². The van der Waals surface area contributed by atoms with Crippen LogP contribution in [0.25, 0.3) is 11.3 Å². The monoisotopic (exact) mass is 422 g/mol. The van der Waals surface area contributed by atoms with Crippen LogP contribution >= 0.6 is 7.37 Å². The summed E-state index contributed by atoms with van der Waals surface area (Å²) >= 11 is 0. The molecule has 1 atom stereocenters. The van der Waals surface area contributed by atoms with Crippen LogP contribution in [0.4, 0.5) is 0 Å². The van der Waals surface area contributed by atoms with Gasteiger partial charge in [0, 0.05) is 16.7 Å². The molecule has 152 valence electrons. The summed E-state index contributed by atoms with van der Waals surface area (Å²) in [5.74, 6) is 0.661. The number of fused-ring (bicyclic) bond motifs is 1. The van der Waals surface area contributed by atoms with E-state index >= 15 is 0 Å². The van der Waals surface area contributed by atoms with Crippen molar-refractivity contribution in [2.75, 3.05) is 0 Å². The fourth-order valence-corrected chi connectivity index (χ4v) is 6.30. The highest BCUT2D eigenvalue weighted by Crippen LogP contribution is 2.56. The maximum absolute atomic E-state index is 14.6. The molecule has 0 radical (unpaired) electrons. The van der Waals surface area contributed by atoms with E-state index in [0.717, 1.165) is 38.7 Å². The lowest BCUT2D eigenvalue weighted by atomic mass is 9.93. The predicted molar refractivity (Wildman–Crippen MR) is 129 cm³/mol. The van der Waals surface area contributed by atoms with E-state index in [1.54, 1.807) is 0 Å². The third kappa shape index (κ3) is 3.44. The predicted octanol–water partition coefficient (Wildman–Crippen LogP) is 6.48. The summed E-state index contributed by atoms with van der Waals surface area (Å²) in [5.41, 5.74) is 6.16. The van der Waals surface area contributed by atoms with Gasteiger partial charge in [0.25, 0.3) is 0 Å². The molecular weight excluding hydrogens is 399 g/mol. The van der Waals surface area contributed by atoms with Crippen molar-refractivity contribution in [2.45, 2.75) is 13.8 Å². The second-order valence-corrected chi connectivity index (χ2v) is 10.2. The Morgan fingerprint density at radius 3 is 1.87 bits per heavy atom. The maximum atomic E-state index is 14.6. The lowest BCUT2D eigenvalue weighted by Gasteiger charge is -2.32. The summed E-state index contributed by atoms with van der Waals surface area (Å²) in [7, 11) is -3.33. The Morgan fingerprint density at radius 2 is 1.23 bits per heavy atom. The zero-order valence-corrected chi connectivity index (χ0v) is 18.5. The highest BCUT2D eigenvalue weighted by atomic mass is 31.2. The number of benzene rings is 4. The Balaban J connectivity index is 1.86. The molecule has 0 fully saturated rings.